The van der Waals surface area contributed by atoms with Crippen molar-refractivity contribution in [3.05, 3.63) is 29.4 Å². The van der Waals surface area contributed by atoms with Crippen LogP contribution in [0.4, 0.5) is 17.5 Å². The fourth-order valence-electron chi connectivity index (χ4n) is 2.96. The van der Waals surface area contributed by atoms with Gasteiger partial charge < -0.3 is 24.6 Å². The van der Waals surface area contributed by atoms with E-state index in [-0.39, 0.29) is 0 Å². The molecule has 0 spiro atoms. The lowest BCUT2D eigenvalue weighted by Gasteiger charge is -2.34. The Morgan fingerprint density at radius 3 is 2.50 bits per heavy atom. The lowest BCUT2D eigenvalue weighted by atomic mass is 10.2. The largest absolute Gasteiger partial charge is 0.495 e. The fraction of sp³-hybridized carbons (Fsp3) is 0.444. The second kappa shape index (κ2) is 8.42. The number of halogens is 1. The van der Waals surface area contributed by atoms with Crippen LogP contribution in [0.15, 0.2) is 24.4 Å². The highest BCUT2D eigenvalue weighted by atomic mass is 35.5. The summed E-state index contributed by atoms with van der Waals surface area (Å²) >= 11 is 6.16. The van der Waals surface area contributed by atoms with Crippen LogP contribution in [-0.2, 0) is 0 Å². The minimum atomic E-state index is 0.485. The molecular formula is C18H24ClN5O2. The zero-order valence-corrected chi connectivity index (χ0v) is 16.1. The van der Waals surface area contributed by atoms with Gasteiger partial charge in [-0.05, 0) is 12.6 Å². The van der Waals surface area contributed by atoms with Crippen molar-refractivity contribution in [1.29, 1.82) is 0 Å². The Labute approximate surface area is 158 Å². The maximum atomic E-state index is 6.16. The number of ether oxygens (including phenoxy) is 2. The van der Waals surface area contributed by atoms with E-state index in [1.54, 1.807) is 32.5 Å². The lowest BCUT2D eigenvalue weighted by molar-refractivity contribution is 0.270. The summed E-state index contributed by atoms with van der Waals surface area (Å²) in [6.45, 7) is 7.29. The minimum Gasteiger partial charge on any atom is -0.495 e. The third-order valence-electron chi connectivity index (χ3n) is 4.50. The van der Waals surface area contributed by atoms with Crippen molar-refractivity contribution < 1.29 is 9.47 Å². The molecule has 1 aromatic heterocycles. The van der Waals surface area contributed by atoms with Gasteiger partial charge in [0.1, 0.15) is 17.3 Å². The van der Waals surface area contributed by atoms with Gasteiger partial charge >= 0.3 is 0 Å². The Morgan fingerprint density at radius 1 is 1.12 bits per heavy atom. The number of likely N-dealkylation sites (N-methyl/N-ethyl adjacent to an activating group) is 1. The summed E-state index contributed by atoms with van der Waals surface area (Å²) in [5.74, 6) is 2.57. The van der Waals surface area contributed by atoms with Crippen LogP contribution in [0.5, 0.6) is 11.5 Å². The molecule has 2 heterocycles. The molecule has 2 aromatic rings. The summed E-state index contributed by atoms with van der Waals surface area (Å²) in [6, 6.07) is 5.42. The molecule has 0 unspecified atom stereocenters. The number of hydrogen-bond donors (Lipinski definition) is 1. The van der Waals surface area contributed by atoms with Crippen LogP contribution >= 0.6 is 11.6 Å². The van der Waals surface area contributed by atoms with Crippen LogP contribution in [0.3, 0.4) is 0 Å². The summed E-state index contributed by atoms with van der Waals surface area (Å²) in [5.41, 5.74) is 0.696. The smallest absolute Gasteiger partial charge is 0.229 e. The average molecular weight is 378 g/mol. The van der Waals surface area contributed by atoms with Crippen molar-refractivity contribution >= 4 is 29.1 Å². The highest BCUT2D eigenvalue weighted by Crippen LogP contribution is 2.37. The van der Waals surface area contributed by atoms with Crippen LogP contribution in [-0.4, -0.2) is 61.8 Å². The molecule has 1 aliphatic rings. The summed E-state index contributed by atoms with van der Waals surface area (Å²) in [4.78, 5) is 13.7. The van der Waals surface area contributed by atoms with Gasteiger partial charge in [0, 0.05) is 44.5 Å². The topological polar surface area (TPSA) is 62.8 Å². The molecule has 8 heteroatoms. The third-order valence-corrected chi connectivity index (χ3v) is 4.80. The zero-order chi connectivity index (χ0) is 18.5. The zero-order valence-electron chi connectivity index (χ0n) is 15.3. The van der Waals surface area contributed by atoms with Crippen LogP contribution in [0, 0.1) is 0 Å². The van der Waals surface area contributed by atoms with Gasteiger partial charge in [-0.25, -0.2) is 4.98 Å². The van der Waals surface area contributed by atoms with Gasteiger partial charge in [0.2, 0.25) is 5.95 Å². The molecular weight excluding hydrogens is 354 g/mol. The first kappa shape index (κ1) is 18.5. The minimum absolute atomic E-state index is 0.485. The summed E-state index contributed by atoms with van der Waals surface area (Å²) < 4.78 is 10.7. The second-order valence-electron chi connectivity index (χ2n) is 5.97. The molecule has 1 aliphatic heterocycles. The van der Waals surface area contributed by atoms with E-state index in [0.717, 1.165) is 38.5 Å². The van der Waals surface area contributed by atoms with E-state index in [2.05, 4.69) is 32.0 Å². The molecule has 0 amide bonds. The molecule has 0 bridgehead atoms. The van der Waals surface area contributed by atoms with Crippen LogP contribution in [0.25, 0.3) is 0 Å². The van der Waals surface area contributed by atoms with Crippen LogP contribution in [0.1, 0.15) is 6.92 Å². The number of anilines is 3. The van der Waals surface area contributed by atoms with Crippen LogP contribution in [0.2, 0.25) is 5.02 Å². The monoisotopic (exact) mass is 377 g/mol. The molecule has 0 saturated carbocycles. The van der Waals surface area contributed by atoms with Gasteiger partial charge in [0.05, 0.1) is 24.9 Å². The standard InChI is InChI=1S/C18H24ClN5O2/c1-4-23-7-9-24(10-8-23)17-5-6-20-18(22-17)21-14-12-15(25-2)13(19)11-16(14)26-3/h5-6,11-12H,4,7-10H2,1-3H3,(H,20,21,22). The van der Waals surface area contributed by atoms with Crippen molar-refractivity contribution in [2.24, 2.45) is 0 Å². The normalized spacial score (nSPS) is 15.0. The molecule has 140 valence electrons. The maximum absolute atomic E-state index is 6.16. The summed E-state index contributed by atoms with van der Waals surface area (Å²) in [6.07, 6.45) is 1.76. The quantitative estimate of drug-likeness (QED) is 0.830. The molecule has 0 radical (unpaired) electrons. The van der Waals surface area contributed by atoms with E-state index in [1.165, 1.54) is 0 Å². The van der Waals surface area contributed by atoms with Gasteiger partial charge in [-0.3, -0.25) is 0 Å². The highest BCUT2D eigenvalue weighted by molar-refractivity contribution is 6.32. The second-order valence-corrected chi connectivity index (χ2v) is 6.38. The van der Waals surface area contributed by atoms with E-state index in [1.807, 2.05) is 6.07 Å². The van der Waals surface area contributed by atoms with E-state index in [9.17, 15) is 0 Å². The third kappa shape index (κ3) is 4.11. The lowest BCUT2D eigenvalue weighted by Crippen LogP contribution is -2.46. The SMILES string of the molecule is CCN1CCN(c2ccnc(Nc3cc(OC)c(Cl)cc3OC)n2)CC1. The summed E-state index contributed by atoms with van der Waals surface area (Å²) in [7, 11) is 3.17. The number of aromatic nitrogens is 2. The van der Waals surface area contributed by atoms with E-state index < -0.39 is 0 Å². The number of benzene rings is 1. The first-order valence-corrected chi connectivity index (χ1v) is 9.01. The van der Waals surface area contributed by atoms with E-state index >= 15 is 0 Å². The fourth-order valence-corrected chi connectivity index (χ4v) is 3.19. The van der Waals surface area contributed by atoms with Gasteiger partial charge in [-0.2, -0.15) is 4.98 Å². The van der Waals surface area contributed by atoms with Crippen molar-refractivity contribution in [3.63, 3.8) is 0 Å². The first-order chi connectivity index (χ1) is 12.6. The predicted molar refractivity (Wildman–Crippen MR) is 104 cm³/mol. The van der Waals surface area contributed by atoms with Crippen molar-refractivity contribution in [2.45, 2.75) is 6.92 Å². The van der Waals surface area contributed by atoms with Crippen molar-refractivity contribution in [1.82, 2.24) is 14.9 Å². The first-order valence-electron chi connectivity index (χ1n) is 8.63. The van der Waals surface area contributed by atoms with Gasteiger partial charge in [-0.1, -0.05) is 18.5 Å². The molecule has 1 saturated heterocycles. The number of nitrogens with one attached hydrogen (secondary N) is 1. The Kier molecular flexibility index (Phi) is 6.00. The molecule has 26 heavy (non-hydrogen) atoms. The molecule has 7 nitrogen and oxygen atoms in total. The number of piperazine rings is 1. The van der Waals surface area contributed by atoms with Gasteiger partial charge in [0.15, 0.2) is 0 Å². The molecule has 3 rings (SSSR count). The van der Waals surface area contributed by atoms with E-state index in [4.69, 9.17) is 21.1 Å². The number of methoxy groups -OCH3 is 2. The molecule has 1 N–H and O–H groups in total. The predicted octanol–water partition coefficient (Wildman–Crippen LogP) is 3.03. The van der Waals surface area contributed by atoms with Crippen LogP contribution < -0.4 is 19.7 Å². The molecule has 0 aliphatic carbocycles. The van der Waals surface area contributed by atoms with E-state index in [0.29, 0.717) is 28.2 Å². The number of hydrogen-bond acceptors (Lipinski definition) is 7. The molecule has 1 aromatic carbocycles. The average Bonchev–Trinajstić information content (AvgIpc) is 2.69. The summed E-state index contributed by atoms with van der Waals surface area (Å²) in [5, 5.41) is 3.69. The van der Waals surface area contributed by atoms with Crippen molar-refractivity contribution in [2.75, 3.05) is 57.2 Å². The Hall–Kier alpha value is -2.25. The Bertz CT molecular complexity index is 750. The van der Waals surface area contributed by atoms with Gasteiger partial charge in [0.25, 0.3) is 0 Å². The van der Waals surface area contributed by atoms with Crippen molar-refractivity contribution in [3.8, 4) is 11.5 Å². The number of nitrogens with zero attached hydrogens (tertiary/aromatic N) is 4. The van der Waals surface area contributed by atoms with Gasteiger partial charge in [-0.15, -0.1) is 0 Å². The highest BCUT2D eigenvalue weighted by Gasteiger charge is 2.18. The maximum Gasteiger partial charge on any atom is 0.229 e. The molecule has 1 fully saturated rings. The number of rotatable bonds is 6. The Balaban J connectivity index is 1.79. The Morgan fingerprint density at radius 2 is 1.85 bits per heavy atom. The molecule has 0 atom stereocenters.